The molecule has 1 rings (SSSR count). The van der Waals surface area contributed by atoms with Gasteiger partial charge in [-0.3, -0.25) is 4.79 Å². The Hall–Kier alpha value is -1.53. The molecule has 0 aliphatic heterocycles. The Balaban J connectivity index is 2.92. The Labute approximate surface area is 155 Å². The topological polar surface area (TPSA) is 75.6 Å². The zero-order valence-electron chi connectivity index (χ0n) is 15.2. The molecule has 6 heteroatoms. The lowest BCUT2D eigenvalue weighted by molar-refractivity contribution is -0.117. The van der Waals surface area contributed by atoms with Gasteiger partial charge in [0.15, 0.2) is 0 Å². The van der Waals surface area contributed by atoms with E-state index >= 15 is 0 Å². The van der Waals surface area contributed by atoms with Gasteiger partial charge in [-0.1, -0.05) is 30.3 Å². The number of carbonyl (C=O) groups excluding carboxylic acids is 2. The first-order valence-corrected chi connectivity index (χ1v) is 9.02. The number of carbonyl (C=O) groups is 2. The molecule has 1 aromatic rings. The molecule has 0 fully saturated rings. The summed E-state index contributed by atoms with van der Waals surface area (Å²) in [5.41, 5.74) is -0.689. The smallest absolute Gasteiger partial charge is 0.408 e. The summed E-state index contributed by atoms with van der Waals surface area (Å²) in [6, 6.07) is 9.77. The molecule has 0 heterocycles. The summed E-state index contributed by atoms with van der Waals surface area (Å²) in [6.45, 7) is 5.35. The zero-order chi connectivity index (χ0) is 18.9. The summed E-state index contributed by atoms with van der Waals surface area (Å²) >= 11 is 4.04. The van der Waals surface area contributed by atoms with E-state index in [4.69, 9.17) is 9.84 Å². The van der Waals surface area contributed by atoms with E-state index in [0.717, 1.165) is 5.56 Å². The number of aliphatic hydroxyl groups is 1. The number of benzene rings is 1. The van der Waals surface area contributed by atoms with E-state index in [1.165, 1.54) is 0 Å². The van der Waals surface area contributed by atoms with Crippen molar-refractivity contribution < 1.29 is 19.4 Å². The Bertz CT molecular complexity index is 556. The molecule has 0 aliphatic carbocycles. The largest absolute Gasteiger partial charge is 0.444 e. The fourth-order valence-electron chi connectivity index (χ4n) is 2.56. The molecule has 1 atom stereocenters. The maximum Gasteiger partial charge on any atom is 0.408 e. The maximum absolute atomic E-state index is 12.3. The fraction of sp³-hybridized carbons (Fsp3) is 0.579. The highest BCUT2D eigenvalue weighted by atomic mass is 32.1. The summed E-state index contributed by atoms with van der Waals surface area (Å²) in [4.78, 5) is 24.6. The van der Waals surface area contributed by atoms with Crippen LogP contribution in [-0.4, -0.2) is 34.1 Å². The highest BCUT2D eigenvalue weighted by molar-refractivity contribution is 7.96. The molecule has 0 bridgehead atoms. The van der Waals surface area contributed by atoms with Gasteiger partial charge in [-0.05, 0) is 58.4 Å². The van der Waals surface area contributed by atoms with E-state index in [-0.39, 0.29) is 6.61 Å². The van der Waals surface area contributed by atoms with Crippen molar-refractivity contribution in [2.24, 2.45) is 0 Å². The summed E-state index contributed by atoms with van der Waals surface area (Å²) in [6.07, 6.45) is 1.98. The van der Waals surface area contributed by atoms with Gasteiger partial charge in [-0.15, -0.1) is 12.6 Å². The van der Waals surface area contributed by atoms with Crippen LogP contribution in [0.15, 0.2) is 30.3 Å². The lowest BCUT2D eigenvalue weighted by Crippen LogP contribution is -2.54. The van der Waals surface area contributed by atoms with Crippen LogP contribution in [0.5, 0.6) is 0 Å². The lowest BCUT2D eigenvalue weighted by atomic mass is 9.87. The van der Waals surface area contributed by atoms with Crippen LogP contribution in [0, 0.1) is 0 Å². The van der Waals surface area contributed by atoms with Gasteiger partial charge in [-0.2, -0.15) is 0 Å². The second-order valence-corrected chi connectivity index (χ2v) is 7.59. The first-order valence-electron chi connectivity index (χ1n) is 8.58. The van der Waals surface area contributed by atoms with Crippen LogP contribution in [0.3, 0.4) is 0 Å². The van der Waals surface area contributed by atoms with Gasteiger partial charge < -0.3 is 15.2 Å². The highest BCUT2D eigenvalue weighted by Gasteiger charge is 2.38. The number of hydrogen-bond acceptors (Lipinski definition) is 4. The molecule has 0 aromatic heterocycles. The summed E-state index contributed by atoms with van der Waals surface area (Å²) < 4.78 is 5.32. The number of hydrogen-bond donors (Lipinski definition) is 3. The number of unbranched alkanes of at least 4 members (excludes halogenated alkanes) is 1. The second kappa shape index (κ2) is 9.82. The third kappa shape index (κ3) is 7.92. The van der Waals surface area contributed by atoms with Crippen LogP contribution in [-0.2, 0) is 16.0 Å². The molecule has 5 nitrogen and oxygen atoms in total. The quantitative estimate of drug-likeness (QED) is 0.461. The number of nitrogens with one attached hydrogen (secondary N) is 1. The number of thiol groups is 1. The molecular weight excluding hydrogens is 338 g/mol. The van der Waals surface area contributed by atoms with Gasteiger partial charge in [0, 0.05) is 6.61 Å². The van der Waals surface area contributed by atoms with Crippen molar-refractivity contribution in [2.75, 3.05) is 6.61 Å². The summed E-state index contributed by atoms with van der Waals surface area (Å²) in [7, 11) is 0. The van der Waals surface area contributed by atoms with Crippen molar-refractivity contribution >= 4 is 23.8 Å². The van der Waals surface area contributed by atoms with Crippen molar-refractivity contribution in [3.63, 3.8) is 0 Å². The molecule has 25 heavy (non-hydrogen) atoms. The number of ether oxygens (including phenoxy) is 1. The van der Waals surface area contributed by atoms with Gasteiger partial charge in [-0.25, -0.2) is 4.79 Å². The van der Waals surface area contributed by atoms with E-state index in [0.29, 0.717) is 32.1 Å². The summed E-state index contributed by atoms with van der Waals surface area (Å²) in [5, 5.41) is 11.4. The monoisotopic (exact) mass is 367 g/mol. The van der Waals surface area contributed by atoms with Crippen LogP contribution in [0.4, 0.5) is 4.79 Å². The van der Waals surface area contributed by atoms with Crippen molar-refractivity contribution in [3.05, 3.63) is 35.9 Å². The van der Waals surface area contributed by atoms with E-state index in [1.54, 1.807) is 20.8 Å². The third-order valence-corrected chi connectivity index (χ3v) is 4.27. The van der Waals surface area contributed by atoms with Crippen LogP contribution < -0.4 is 5.32 Å². The first kappa shape index (κ1) is 21.5. The Morgan fingerprint density at radius 3 is 2.28 bits per heavy atom. The van der Waals surface area contributed by atoms with Crippen LogP contribution in [0.1, 0.15) is 52.0 Å². The molecule has 140 valence electrons. The fourth-order valence-corrected chi connectivity index (χ4v) is 2.84. The normalized spacial score (nSPS) is 13.8. The molecule has 0 aliphatic rings. The van der Waals surface area contributed by atoms with Crippen LogP contribution in [0.25, 0.3) is 0 Å². The minimum absolute atomic E-state index is 0.0436. The average molecular weight is 368 g/mol. The SMILES string of the molecule is CC(C)(C)OC(=O)NC(CCCCO)(CCc1ccccc1)C(=O)S. The van der Waals surface area contributed by atoms with E-state index in [2.05, 4.69) is 17.9 Å². The van der Waals surface area contributed by atoms with E-state index < -0.39 is 22.3 Å². The van der Waals surface area contributed by atoms with Crippen LogP contribution in [0.2, 0.25) is 0 Å². The van der Waals surface area contributed by atoms with Gasteiger partial charge in [0.05, 0.1) is 0 Å². The van der Waals surface area contributed by atoms with Crippen molar-refractivity contribution in [1.29, 1.82) is 0 Å². The lowest BCUT2D eigenvalue weighted by Gasteiger charge is -2.33. The average Bonchev–Trinajstić information content (AvgIpc) is 2.51. The summed E-state index contributed by atoms with van der Waals surface area (Å²) in [5.74, 6) is 0. The third-order valence-electron chi connectivity index (χ3n) is 3.84. The zero-order valence-corrected chi connectivity index (χ0v) is 16.1. The maximum atomic E-state index is 12.3. The van der Waals surface area contributed by atoms with E-state index in [9.17, 15) is 9.59 Å². The number of rotatable bonds is 9. The molecule has 1 amide bonds. The molecule has 0 spiro atoms. The number of alkyl carbamates (subject to hydrolysis) is 1. The molecule has 0 saturated carbocycles. The predicted molar refractivity (Wildman–Crippen MR) is 102 cm³/mol. The number of amides is 1. The Morgan fingerprint density at radius 1 is 1.12 bits per heavy atom. The van der Waals surface area contributed by atoms with Gasteiger partial charge in [0.25, 0.3) is 0 Å². The molecular formula is C19H29NO4S. The minimum atomic E-state index is -1.11. The molecule has 1 unspecified atom stereocenters. The van der Waals surface area contributed by atoms with E-state index in [1.807, 2.05) is 30.3 Å². The van der Waals surface area contributed by atoms with Gasteiger partial charge >= 0.3 is 6.09 Å². The van der Waals surface area contributed by atoms with Gasteiger partial charge in [0.1, 0.15) is 11.1 Å². The Morgan fingerprint density at radius 2 is 1.76 bits per heavy atom. The standard InChI is InChI=1S/C19H29NO4S/c1-18(2,3)24-17(23)20-19(16(22)25,12-7-8-14-21)13-11-15-9-5-4-6-10-15/h4-6,9-10,21H,7-8,11-14H2,1-3H3,(H,20,23)(H,22,25). The van der Waals surface area contributed by atoms with Gasteiger partial charge in [0.2, 0.25) is 5.12 Å². The Kier molecular flexibility index (Phi) is 8.45. The molecule has 0 saturated heterocycles. The van der Waals surface area contributed by atoms with Crippen molar-refractivity contribution in [3.8, 4) is 0 Å². The molecule has 2 N–H and O–H groups in total. The number of aliphatic hydroxyl groups excluding tert-OH is 1. The minimum Gasteiger partial charge on any atom is -0.444 e. The first-order chi connectivity index (χ1) is 11.7. The number of aryl methyl sites for hydroxylation is 1. The molecule has 1 aromatic carbocycles. The van der Waals surface area contributed by atoms with Crippen LogP contribution >= 0.6 is 12.6 Å². The highest BCUT2D eigenvalue weighted by Crippen LogP contribution is 2.25. The second-order valence-electron chi connectivity index (χ2n) is 7.18. The molecule has 0 radical (unpaired) electrons. The van der Waals surface area contributed by atoms with Crippen molar-refractivity contribution in [2.45, 2.75) is 64.0 Å². The van der Waals surface area contributed by atoms with Crippen molar-refractivity contribution in [1.82, 2.24) is 5.32 Å². The predicted octanol–water partition coefficient (Wildman–Crippen LogP) is 3.50.